The van der Waals surface area contributed by atoms with Gasteiger partial charge in [-0.05, 0) is 12.1 Å². The smallest absolute Gasteiger partial charge is 0.257 e. The van der Waals surface area contributed by atoms with Gasteiger partial charge in [-0.3, -0.25) is 4.79 Å². The highest BCUT2D eigenvalue weighted by Gasteiger charge is 2.22. The minimum Gasteiger partial charge on any atom is -0.376 e. The zero-order valence-corrected chi connectivity index (χ0v) is 8.18. The molecule has 1 aliphatic heterocycles. The normalized spacial score (nSPS) is 20.9. The second kappa shape index (κ2) is 4.86. The highest BCUT2D eigenvalue weighted by atomic mass is 16.6. The lowest BCUT2D eigenvalue weighted by Gasteiger charge is -2.21. The van der Waals surface area contributed by atoms with E-state index in [-0.39, 0.29) is 5.91 Å². The van der Waals surface area contributed by atoms with Crippen LogP contribution in [0.3, 0.4) is 0 Å². The molecule has 1 atom stereocenters. The number of pyridine rings is 1. The van der Waals surface area contributed by atoms with E-state index in [2.05, 4.69) is 10.3 Å². The van der Waals surface area contributed by atoms with Gasteiger partial charge in [0.25, 0.3) is 5.91 Å². The molecule has 1 unspecified atom stereocenters. The topological polar surface area (TPSA) is 60.5 Å². The lowest BCUT2D eigenvalue weighted by atomic mass is 10.3. The Kier molecular flexibility index (Phi) is 3.26. The SMILES string of the molecule is O=C(Nc1ccccn1)C1COCCO1. The molecule has 1 N–H and O–H groups in total. The molecule has 0 bridgehead atoms. The van der Waals surface area contributed by atoms with Gasteiger partial charge in [-0.1, -0.05) is 6.07 Å². The first-order chi connectivity index (χ1) is 7.36. The highest BCUT2D eigenvalue weighted by molar-refractivity contribution is 5.93. The van der Waals surface area contributed by atoms with E-state index in [1.807, 2.05) is 0 Å². The Morgan fingerprint density at radius 2 is 2.40 bits per heavy atom. The third-order valence-electron chi connectivity index (χ3n) is 2.02. The number of amides is 1. The van der Waals surface area contributed by atoms with Gasteiger partial charge in [0.15, 0.2) is 6.10 Å². The van der Waals surface area contributed by atoms with Gasteiger partial charge < -0.3 is 14.8 Å². The summed E-state index contributed by atoms with van der Waals surface area (Å²) < 4.78 is 10.4. The maximum absolute atomic E-state index is 11.6. The van der Waals surface area contributed by atoms with Crippen molar-refractivity contribution in [3.63, 3.8) is 0 Å². The van der Waals surface area contributed by atoms with Crippen LogP contribution in [0.4, 0.5) is 5.82 Å². The Morgan fingerprint density at radius 1 is 1.47 bits per heavy atom. The van der Waals surface area contributed by atoms with E-state index < -0.39 is 6.10 Å². The molecule has 1 aliphatic rings. The van der Waals surface area contributed by atoms with Gasteiger partial charge in [0.1, 0.15) is 5.82 Å². The van der Waals surface area contributed by atoms with Gasteiger partial charge in [0.05, 0.1) is 19.8 Å². The van der Waals surface area contributed by atoms with E-state index in [1.54, 1.807) is 24.4 Å². The van der Waals surface area contributed by atoms with Crippen molar-refractivity contribution < 1.29 is 14.3 Å². The van der Waals surface area contributed by atoms with Crippen LogP contribution in [0.1, 0.15) is 0 Å². The number of aromatic nitrogens is 1. The van der Waals surface area contributed by atoms with Crippen molar-refractivity contribution in [2.75, 3.05) is 25.1 Å². The van der Waals surface area contributed by atoms with Crippen molar-refractivity contribution in [3.8, 4) is 0 Å². The Hall–Kier alpha value is -1.46. The first-order valence-corrected chi connectivity index (χ1v) is 4.77. The van der Waals surface area contributed by atoms with Crippen LogP contribution in [0.15, 0.2) is 24.4 Å². The maximum atomic E-state index is 11.6. The molecule has 2 rings (SSSR count). The summed E-state index contributed by atoms with van der Waals surface area (Å²) in [5.74, 6) is 0.310. The maximum Gasteiger partial charge on any atom is 0.257 e. The van der Waals surface area contributed by atoms with Crippen LogP contribution >= 0.6 is 0 Å². The number of ether oxygens (including phenoxy) is 2. The molecular weight excluding hydrogens is 196 g/mol. The molecule has 0 spiro atoms. The van der Waals surface area contributed by atoms with Crippen molar-refractivity contribution in [3.05, 3.63) is 24.4 Å². The average molecular weight is 208 g/mol. The van der Waals surface area contributed by atoms with Gasteiger partial charge >= 0.3 is 0 Å². The summed E-state index contributed by atoms with van der Waals surface area (Å²) >= 11 is 0. The van der Waals surface area contributed by atoms with Crippen molar-refractivity contribution in [1.29, 1.82) is 0 Å². The third-order valence-corrected chi connectivity index (χ3v) is 2.02. The predicted octanol–water partition coefficient (Wildman–Crippen LogP) is 0.435. The summed E-state index contributed by atoms with van der Waals surface area (Å²) in [5.41, 5.74) is 0. The molecule has 1 aromatic heterocycles. The number of hydrogen-bond acceptors (Lipinski definition) is 4. The first kappa shape index (κ1) is 10.1. The summed E-state index contributed by atoms with van der Waals surface area (Å²) in [5, 5.41) is 2.66. The van der Waals surface area contributed by atoms with E-state index in [1.165, 1.54) is 0 Å². The highest BCUT2D eigenvalue weighted by Crippen LogP contribution is 2.05. The molecular formula is C10H12N2O3. The van der Waals surface area contributed by atoms with Gasteiger partial charge in [-0.15, -0.1) is 0 Å². The zero-order chi connectivity index (χ0) is 10.5. The number of rotatable bonds is 2. The van der Waals surface area contributed by atoms with E-state index in [0.29, 0.717) is 25.6 Å². The summed E-state index contributed by atoms with van der Waals surface area (Å²) in [6.07, 6.45) is 1.09. The van der Waals surface area contributed by atoms with E-state index >= 15 is 0 Å². The molecule has 2 heterocycles. The van der Waals surface area contributed by atoms with Crippen LogP contribution in [0.2, 0.25) is 0 Å². The molecule has 0 aromatic carbocycles. The van der Waals surface area contributed by atoms with Crippen LogP contribution in [0.25, 0.3) is 0 Å². The van der Waals surface area contributed by atoms with E-state index in [9.17, 15) is 4.79 Å². The number of anilines is 1. The van der Waals surface area contributed by atoms with Crippen LogP contribution in [0.5, 0.6) is 0 Å². The monoisotopic (exact) mass is 208 g/mol. The lowest BCUT2D eigenvalue weighted by molar-refractivity contribution is -0.142. The fourth-order valence-electron chi connectivity index (χ4n) is 1.28. The number of hydrogen-bond donors (Lipinski definition) is 1. The molecule has 0 saturated carbocycles. The van der Waals surface area contributed by atoms with Crippen molar-refractivity contribution in [2.45, 2.75) is 6.10 Å². The van der Waals surface area contributed by atoms with Crippen molar-refractivity contribution in [2.24, 2.45) is 0 Å². The second-order valence-electron chi connectivity index (χ2n) is 3.14. The quantitative estimate of drug-likeness (QED) is 0.765. The Balaban J connectivity index is 1.91. The average Bonchev–Trinajstić information content (AvgIpc) is 2.31. The zero-order valence-electron chi connectivity index (χ0n) is 8.18. The van der Waals surface area contributed by atoms with E-state index in [0.717, 1.165) is 0 Å². The minimum absolute atomic E-state index is 0.214. The lowest BCUT2D eigenvalue weighted by Crippen LogP contribution is -2.39. The first-order valence-electron chi connectivity index (χ1n) is 4.77. The molecule has 5 heteroatoms. The molecule has 80 valence electrons. The molecule has 15 heavy (non-hydrogen) atoms. The molecule has 0 radical (unpaired) electrons. The summed E-state index contributed by atoms with van der Waals surface area (Å²) in [4.78, 5) is 15.6. The second-order valence-corrected chi connectivity index (χ2v) is 3.14. The minimum atomic E-state index is -0.527. The van der Waals surface area contributed by atoms with Crippen molar-refractivity contribution in [1.82, 2.24) is 4.98 Å². The Morgan fingerprint density at radius 3 is 3.07 bits per heavy atom. The van der Waals surface area contributed by atoms with Gasteiger partial charge in [-0.25, -0.2) is 4.98 Å². The molecule has 1 fully saturated rings. The van der Waals surface area contributed by atoms with Crippen LogP contribution < -0.4 is 5.32 Å². The summed E-state index contributed by atoms with van der Waals surface area (Å²) in [7, 11) is 0. The summed E-state index contributed by atoms with van der Waals surface area (Å²) in [6.45, 7) is 1.31. The fourth-order valence-corrected chi connectivity index (χ4v) is 1.28. The van der Waals surface area contributed by atoms with E-state index in [4.69, 9.17) is 9.47 Å². The molecule has 1 saturated heterocycles. The van der Waals surface area contributed by atoms with Crippen molar-refractivity contribution >= 4 is 11.7 Å². The molecule has 0 aliphatic carbocycles. The van der Waals surface area contributed by atoms with Gasteiger partial charge in [-0.2, -0.15) is 0 Å². The number of carbonyl (C=O) groups is 1. The fraction of sp³-hybridized carbons (Fsp3) is 0.400. The van der Waals surface area contributed by atoms with Crippen LogP contribution in [-0.4, -0.2) is 36.8 Å². The van der Waals surface area contributed by atoms with Crippen LogP contribution in [0, 0.1) is 0 Å². The Bertz CT molecular complexity index is 323. The number of nitrogens with one attached hydrogen (secondary N) is 1. The number of nitrogens with zero attached hydrogens (tertiary/aromatic N) is 1. The molecule has 1 amide bonds. The number of carbonyl (C=O) groups excluding carboxylic acids is 1. The standard InChI is InChI=1S/C10H12N2O3/c13-10(8-7-14-5-6-15-8)12-9-3-1-2-4-11-9/h1-4,8H,5-7H2,(H,11,12,13). The summed E-state index contributed by atoms with van der Waals surface area (Å²) in [6, 6.07) is 5.32. The molecule has 1 aromatic rings. The van der Waals surface area contributed by atoms with Gasteiger partial charge in [0, 0.05) is 6.20 Å². The largest absolute Gasteiger partial charge is 0.376 e. The van der Waals surface area contributed by atoms with Crippen LogP contribution in [-0.2, 0) is 14.3 Å². The Labute approximate surface area is 87.4 Å². The predicted molar refractivity (Wildman–Crippen MR) is 53.4 cm³/mol. The van der Waals surface area contributed by atoms with Gasteiger partial charge in [0.2, 0.25) is 0 Å². The third kappa shape index (κ3) is 2.74. The molecule has 5 nitrogen and oxygen atoms in total.